The van der Waals surface area contributed by atoms with Gasteiger partial charge in [-0.2, -0.15) is 15.8 Å². The molecule has 7 heteroatoms. The van der Waals surface area contributed by atoms with Crippen LogP contribution in [0.15, 0.2) is 48.7 Å². The number of nitriles is 3. The molecule has 1 aromatic carbocycles. The van der Waals surface area contributed by atoms with Gasteiger partial charge >= 0.3 is 0 Å². The van der Waals surface area contributed by atoms with Crippen LogP contribution in [0.1, 0.15) is 24.3 Å². The molecule has 7 nitrogen and oxygen atoms in total. The fraction of sp³-hybridized carbons (Fsp3) is 0.333. The summed E-state index contributed by atoms with van der Waals surface area (Å²) >= 11 is 0. The number of aromatic nitrogens is 1. The lowest BCUT2D eigenvalue weighted by molar-refractivity contribution is -0.273. The normalized spacial score (nSPS) is 32.6. The molecule has 2 N–H and O–H groups in total. The van der Waals surface area contributed by atoms with Gasteiger partial charge in [0, 0.05) is 18.8 Å². The monoisotopic (exact) mass is 371 g/mol. The third-order valence-corrected chi connectivity index (χ3v) is 5.90. The van der Waals surface area contributed by atoms with E-state index in [2.05, 4.69) is 11.1 Å². The van der Waals surface area contributed by atoms with Crippen molar-refractivity contribution < 1.29 is 9.47 Å². The minimum atomic E-state index is -1.95. The van der Waals surface area contributed by atoms with Crippen LogP contribution in [0.5, 0.6) is 0 Å². The van der Waals surface area contributed by atoms with Gasteiger partial charge in [0.05, 0.1) is 24.1 Å². The first kappa shape index (κ1) is 17.8. The van der Waals surface area contributed by atoms with E-state index in [0.29, 0.717) is 12.1 Å². The van der Waals surface area contributed by atoms with Crippen LogP contribution in [-0.2, 0) is 15.9 Å². The van der Waals surface area contributed by atoms with Crippen molar-refractivity contribution in [3.63, 3.8) is 0 Å². The molecule has 28 heavy (non-hydrogen) atoms. The van der Waals surface area contributed by atoms with Crippen molar-refractivity contribution in [2.24, 2.45) is 16.7 Å². The lowest BCUT2D eigenvalue weighted by Crippen LogP contribution is -2.59. The van der Waals surface area contributed by atoms with Gasteiger partial charge in [0.15, 0.2) is 5.41 Å². The number of hydrogen-bond acceptors (Lipinski definition) is 6. The molecule has 138 valence electrons. The van der Waals surface area contributed by atoms with Gasteiger partial charge < -0.3 is 14.5 Å². The SMILES string of the molecule is CC12OC(=N)C(C#N)(C1Cc1ccccc1)C(C#N)(C#N)C(c1ccc[nH]1)O2. The van der Waals surface area contributed by atoms with E-state index in [-0.39, 0.29) is 0 Å². The van der Waals surface area contributed by atoms with Crippen LogP contribution in [0.3, 0.4) is 0 Å². The molecule has 2 bridgehead atoms. The number of H-pyrrole nitrogens is 1. The summed E-state index contributed by atoms with van der Waals surface area (Å²) in [7, 11) is 0. The summed E-state index contributed by atoms with van der Waals surface area (Å²) in [5, 5.41) is 39.0. The Labute approximate surface area is 162 Å². The van der Waals surface area contributed by atoms with E-state index in [1.165, 1.54) is 0 Å². The largest absolute Gasteiger partial charge is 0.448 e. The Morgan fingerprint density at radius 2 is 1.79 bits per heavy atom. The Morgan fingerprint density at radius 1 is 1.07 bits per heavy atom. The minimum absolute atomic E-state index is 0.329. The van der Waals surface area contributed by atoms with Crippen LogP contribution in [0.4, 0.5) is 0 Å². The number of nitrogens with zero attached hydrogens (tertiary/aromatic N) is 3. The van der Waals surface area contributed by atoms with Gasteiger partial charge in [-0.05, 0) is 24.1 Å². The highest BCUT2D eigenvalue weighted by Crippen LogP contribution is 2.66. The molecular formula is C21H17N5O2. The number of aromatic amines is 1. The molecule has 4 unspecified atom stereocenters. The Hall–Kier alpha value is -3.60. The van der Waals surface area contributed by atoms with E-state index < -0.39 is 34.5 Å². The van der Waals surface area contributed by atoms with Crippen molar-refractivity contribution in [1.29, 1.82) is 21.2 Å². The molecule has 2 saturated heterocycles. The first-order chi connectivity index (χ1) is 13.5. The minimum Gasteiger partial charge on any atom is -0.448 e. The lowest BCUT2D eigenvalue weighted by atomic mass is 9.53. The number of hydrogen-bond donors (Lipinski definition) is 2. The summed E-state index contributed by atoms with van der Waals surface area (Å²) in [6, 6.07) is 19.1. The molecule has 0 aliphatic carbocycles. The highest BCUT2D eigenvalue weighted by molar-refractivity contribution is 5.89. The Kier molecular flexibility index (Phi) is 3.79. The zero-order chi connectivity index (χ0) is 20.0. The molecule has 0 spiro atoms. The number of ether oxygens (including phenoxy) is 2. The summed E-state index contributed by atoms with van der Waals surface area (Å²) in [6.07, 6.45) is 0.927. The second-order valence-corrected chi connectivity index (χ2v) is 7.26. The predicted molar refractivity (Wildman–Crippen MR) is 97.2 cm³/mol. The molecule has 1 aromatic heterocycles. The van der Waals surface area contributed by atoms with Crippen LogP contribution in [0, 0.1) is 56.2 Å². The van der Waals surface area contributed by atoms with E-state index in [9.17, 15) is 15.8 Å². The molecule has 2 aliphatic rings. The highest BCUT2D eigenvalue weighted by Gasteiger charge is 2.79. The standard InChI is InChI=1S/C21H17N5O2/c1-19-16(10-14-6-3-2-4-7-14)21(13-24,18(25)28-19)20(11-22,12-23)17(27-19)15-8-5-9-26-15/h2-9,16-17,25-26H,10H2,1H3. The molecule has 3 heterocycles. The number of benzene rings is 1. The van der Waals surface area contributed by atoms with Crippen LogP contribution < -0.4 is 0 Å². The molecule has 4 rings (SSSR count). The Bertz CT molecular complexity index is 1030. The van der Waals surface area contributed by atoms with Crippen LogP contribution >= 0.6 is 0 Å². The van der Waals surface area contributed by atoms with Crippen LogP contribution in [0.25, 0.3) is 0 Å². The predicted octanol–water partition coefficient (Wildman–Crippen LogP) is 3.21. The average Bonchev–Trinajstić information content (AvgIpc) is 3.29. The summed E-state index contributed by atoms with van der Waals surface area (Å²) in [6.45, 7) is 1.67. The maximum atomic E-state index is 10.3. The molecule has 2 aliphatic heterocycles. The van der Waals surface area contributed by atoms with Crippen molar-refractivity contribution in [3.8, 4) is 18.2 Å². The van der Waals surface area contributed by atoms with Gasteiger partial charge in [0.1, 0.15) is 6.10 Å². The molecule has 0 radical (unpaired) electrons. The van der Waals surface area contributed by atoms with Gasteiger partial charge in [-0.15, -0.1) is 0 Å². The van der Waals surface area contributed by atoms with Crippen molar-refractivity contribution in [2.45, 2.75) is 25.2 Å². The third-order valence-electron chi connectivity index (χ3n) is 5.90. The first-order valence-corrected chi connectivity index (χ1v) is 8.84. The topological polar surface area (TPSA) is 129 Å². The van der Waals surface area contributed by atoms with Gasteiger partial charge in [-0.1, -0.05) is 30.3 Å². The summed E-state index contributed by atoms with van der Waals surface area (Å²) in [4.78, 5) is 2.97. The molecule has 2 fully saturated rings. The first-order valence-electron chi connectivity index (χ1n) is 8.84. The fourth-order valence-electron chi connectivity index (χ4n) is 4.52. The zero-order valence-corrected chi connectivity index (χ0v) is 15.1. The van der Waals surface area contributed by atoms with Crippen molar-refractivity contribution in [2.75, 3.05) is 0 Å². The molecule has 0 saturated carbocycles. The van der Waals surface area contributed by atoms with Gasteiger partial charge in [0.25, 0.3) is 0 Å². The summed E-state index contributed by atoms with van der Waals surface area (Å²) in [5.74, 6) is -2.42. The third kappa shape index (κ3) is 2.01. The smallest absolute Gasteiger partial charge is 0.215 e. The van der Waals surface area contributed by atoms with E-state index in [1.54, 1.807) is 25.3 Å². The lowest BCUT2D eigenvalue weighted by Gasteiger charge is -2.48. The molecule has 0 amide bonds. The molecule has 4 atom stereocenters. The van der Waals surface area contributed by atoms with Crippen LogP contribution in [-0.4, -0.2) is 16.7 Å². The van der Waals surface area contributed by atoms with Crippen molar-refractivity contribution >= 4 is 5.90 Å². The van der Waals surface area contributed by atoms with E-state index in [4.69, 9.17) is 14.9 Å². The summed E-state index contributed by atoms with van der Waals surface area (Å²) in [5.41, 5.74) is -2.32. The number of rotatable bonds is 3. The van der Waals surface area contributed by atoms with Gasteiger partial charge in [0.2, 0.25) is 17.1 Å². The Balaban J connectivity index is 1.95. The van der Waals surface area contributed by atoms with Crippen molar-refractivity contribution in [3.05, 3.63) is 59.9 Å². The fourth-order valence-corrected chi connectivity index (χ4v) is 4.52. The second kappa shape index (κ2) is 5.96. The highest BCUT2D eigenvalue weighted by atomic mass is 16.7. The van der Waals surface area contributed by atoms with E-state index in [0.717, 1.165) is 5.56 Å². The Morgan fingerprint density at radius 3 is 2.36 bits per heavy atom. The van der Waals surface area contributed by atoms with Gasteiger partial charge in [-0.25, -0.2) is 0 Å². The van der Waals surface area contributed by atoms with Gasteiger partial charge in [-0.3, -0.25) is 5.41 Å². The average molecular weight is 371 g/mol. The molecular weight excluding hydrogens is 354 g/mol. The number of nitrogens with one attached hydrogen (secondary N) is 2. The van der Waals surface area contributed by atoms with Crippen molar-refractivity contribution in [1.82, 2.24) is 4.98 Å². The van der Waals surface area contributed by atoms with Crippen LogP contribution in [0.2, 0.25) is 0 Å². The van der Waals surface area contributed by atoms with E-state index >= 15 is 0 Å². The molecule has 2 aromatic rings. The zero-order valence-electron chi connectivity index (χ0n) is 15.1. The number of fused-ring (bicyclic) bond motifs is 2. The maximum absolute atomic E-state index is 10.3. The quantitative estimate of drug-likeness (QED) is 0.855. The second-order valence-electron chi connectivity index (χ2n) is 7.26. The van der Waals surface area contributed by atoms with E-state index in [1.807, 2.05) is 42.5 Å². The summed E-state index contributed by atoms with van der Waals surface area (Å²) < 4.78 is 12.0. The maximum Gasteiger partial charge on any atom is 0.215 e.